The average molecular weight is 571 g/mol. The Kier molecular flexibility index (Phi) is 8.90. The summed E-state index contributed by atoms with van der Waals surface area (Å²) < 4.78 is 11.9. The second kappa shape index (κ2) is 12.5. The molecule has 1 atom stereocenters. The van der Waals surface area contributed by atoms with Crippen molar-refractivity contribution in [3.05, 3.63) is 87.7 Å². The summed E-state index contributed by atoms with van der Waals surface area (Å²) in [7, 11) is 0. The minimum absolute atomic E-state index is 0.0401. The van der Waals surface area contributed by atoms with E-state index in [1.165, 1.54) is 18.2 Å². The number of carboxylic acids is 1. The standard InChI is InChI=1S/C27H24Cl2N4O6/c28-17-7-5-16(18(29)12-17)13-38-23-11-15(26(35)33-21(27(36)37)8-10-24(30)34)6-9-22(23)39-14-25-31-19-3-1-2-4-20(19)32-25/h1-7,9,11-12,21H,8,10,13-14H2,(H2,30,34)(H,31,32)(H,33,35)(H,36,37). The SMILES string of the molecule is NC(=O)CCC(NC(=O)c1ccc(OCc2nc3ccccc3[nH]2)c(OCc2ccc(Cl)cc2Cl)c1)C(=O)O. The van der Waals surface area contributed by atoms with Gasteiger partial charge in [0, 0.05) is 27.6 Å². The van der Waals surface area contributed by atoms with E-state index in [2.05, 4.69) is 15.3 Å². The number of imidazole rings is 1. The zero-order chi connectivity index (χ0) is 27.9. The molecule has 0 fully saturated rings. The molecule has 0 aliphatic rings. The van der Waals surface area contributed by atoms with Gasteiger partial charge in [0.05, 0.1) is 11.0 Å². The third-order valence-corrected chi connectivity index (χ3v) is 6.28. The number of ether oxygens (including phenoxy) is 2. The smallest absolute Gasteiger partial charge is 0.326 e. The van der Waals surface area contributed by atoms with Crippen molar-refractivity contribution in [1.82, 2.24) is 15.3 Å². The van der Waals surface area contributed by atoms with Crippen LogP contribution in [0.25, 0.3) is 11.0 Å². The summed E-state index contributed by atoms with van der Waals surface area (Å²) in [5.74, 6) is -1.51. The molecule has 2 amide bonds. The van der Waals surface area contributed by atoms with Crippen LogP contribution in [0.2, 0.25) is 10.0 Å². The van der Waals surface area contributed by atoms with E-state index in [1.54, 1.807) is 18.2 Å². The van der Waals surface area contributed by atoms with Crippen LogP contribution in [0, 0.1) is 0 Å². The quantitative estimate of drug-likeness (QED) is 0.195. The average Bonchev–Trinajstić information content (AvgIpc) is 3.32. The summed E-state index contributed by atoms with van der Waals surface area (Å²) in [6, 6.07) is 15.7. The maximum absolute atomic E-state index is 12.9. The fourth-order valence-electron chi connectivity index (χ4n) is 3.68. The lowest BCUT2D eigenvalue weighted by atomic mass is 10.1. The van der Waals surface area contributed by atoms with Crippen molar-refractivity contribution in [3.63, 3.8) is 0 Å². The third kappa shape index (κ3) is 7.40. The van der Waals surface area contributed by atoms with E-state index in [-0.39, 0.29) is 37.4 Å². The summed E-state index contributed by atoms with van der Waals surface area (Å²) in [4.78, 5) is 43.2. The lowest BCUT2D eigenvalue weighted by Crippen LogP contribution is -2.41. The van der Waals surface area contributed by atoms with Crippen LogP contribution in [0.5, 0.6) is 11.5 Å². The van der Waals surface area contributed by atoms with Crippen LogP contribution in [0.3, 0.4) is 0 Å². The molecule has 10 nitrogen and oxygen atoms in total. The number of aliphatic carboxylic acids is 1. The highest BCUT2D eigenvalue weighted by atomic mass is 35.5. The van der Waals surface area contributed by atoms with Gasteiger partial charge in [0.1, 0.15) is 25.1 Å². The van der Waals surface area contributed by atoms with Crippen molar-refractivity contribution < 1.29 is 29.0 Å². The molecule has 0 aliphatic heterocycles. The number of carboxylic acid groups (broad SMARTS) is 1. The van der Waals surface area contributed by atoms with Crippen LogP contribution >= 0.6 is 23.2 Å². The summed E-state index contributed by atoms with van der Waals surface area (Å²) in [5.41, 5.74) is 7.54. The lowest BCUT2D eigenvalue weighted by molar-refractivity contribution is -0.139. The number of para-hydroxylation sites is 2. The molecule has 39 heavy (non-hydrogen) atoms. The Bertz CT molecular complexity index is 1490. The Hall–Kier alpha value is -4.28. The predicted octanol–water partition coefficient (Wildman–Crippen LogP) is 4.48. The van der Waals surface area contributed by atoms with Gasteiger partial charge in [-0.15, -0.1) is 0 Å². The monoisotopic (exact) mass is 570 g/mol. The first-order valence-electron chi connectivity index (χ1n) is 11.8. The van der Waals surface area contributed by atoms with E-state index in [0.717, 1.165) is 11.0 Å². The summed E-state index contributed by atoms with van der Waals surface area (Å²) in [6.07, 6.45) is -0.338. The number of nitrogens with zero attached hydrogens (tertiary/aromatic N) is 1. The van der Waals surface area contributed by atoms with Gasteiger partial charge in [-0.2, -0.15) is 0 Å². The highest BCUT2D eigenvalue weighted by Crippen LogP contribution is 2.31. The molecule has 1 unspecified atom stereocenters. The Morgan fingerprint density at radius 3 is 2.49 bits per heavy atom. The molecule has 5 N–H and O–H groups in total. The predicted molar refractivity (Wildman–Crippen MR) is 145 cm³/mol. The molecule has 202 valence electrons. The number of aromatic nitrogens is 2. The van der Waals surface area contributed by atoms with Crippen molar-refractivity contribution in [2.75, 3.05) is 0 Å². The van der Waals surface area contributed by atoms with Crippen LogP contribution < -0.4 is 20.5 Å². The maximum Gasteiger partial charge on any atom is 0.326 e. The number of rotatable bonds is 12. The summed E-state index contributed by atoms with van der Waals surface area (Å²) >= 11 is 12.3. The van der Waals surface area contributed by atoms with E-state index in [0.29, 0.717) is 27.2 Å². The molecule has 4 rings (SSSR count). The largest absolute Gasteiger partial charge is 0.485 e. The van der Waals surface area contributed by atoms with Crippen LogP contribution in [-0.4, -0.2) is 38.9 Å². The van der Waals surface area contributed by atoms with E-state index < -0.39 is 23.8 Å². The van der Waals surface area contributed by atoms with Crippen LogP contribution in [0.15, 0.2) is 60.7 Å². The van der Waals surface area contributed by atoms with Crippen LogP contribution in [0.1, 0.15) is 34.6 Å². The van der Waals surface area contributed by atoms with Gasteiger partial charge in [-0.05, 0) is 48.9 Å². The van der Waals surface area contributed by atoms with Gasteiger partial charge in [0.25, 0.3) is 5.91 Å². The first-order chi connectivity index (χ1) is 18.7. The fraction of sp³-hybridized carbons (Fsp3) is 0.185. The minimum Gasteiger partial charge on any atom is -0.485 e. The molecule has 0 aliphatic carbocycles. The van der Waals surface area contributed by atoms with Crippen molar-refractivity contribution in [2.45, 2.75) is 32.1 Å². The third-order valence-electron chi connectivity index (χ3n) is 5.69. The number of benzene rings is 3. The Morgan fingerprint density at radius 1 is 1.00 bits per heavy atom. The number of hydrogen-bond acceptors (Lipinski definition) is 6. The van der Waals surface area contributed by atoms with Crippen LogP contribution in [0.4, 0.5) is 0 Å². The van der Waals surface area contributed by atoms with E-state index in [9.17, 15) is 19.5 Å². The number of carbonyl (C=O) groups is 3. The number of primary amides is 1. The molecule has 0 spiro atoms. The molecule has 3 aromatic carbocycles. The zero-order valence-electron chi connectivity index (χ0n) is 20.4. The van der Waals surface area contributed by atoms with Gasteiger partial charge in [0.2, 0.25) is 5.91 Å². The second-order valence-corrected chi connectivity index (χ2v) is 9.39. The number of nitrogens with one attached hydrogen (secondary N) is 2. The van der Waals surface area contributed by atoms with Gasteiger partial charge in [-0.3, -0.25) is 9.59 Å². The normalized spacial score (nSPS) is 11.6. The van der Waals surface area contributed by atoms with Gasteiger partial charge in [-0.25, -0.2) is 9.78 Å². The van der Waals surface area contributed by atoms with Gasteiger partial charge >= 0.3 is 5.97 Å². The molecule has 0 saturated heterocycles. The number of carbonyl (C=O) groups excluding carboxylic acids is 2. The molecule has 12 heteroatoms. The van der Waals surface area contributed by atoms with Gasteiger partial charge in [0.15, 0.2) is 11.5 Å². The number of aromatic amines is 1. The maximum atomic E-state index is 12.9. The molecule has 0 saturated carbocycles. The van der Waals surface area contributed by atoms with E-state index in [4.69, 9.17) is 38.4 Å². The lowest BCUT2D eigenvalue weighted by Gasteiger charge is -2.16. The first kappa shape index (κ1) is 27.7. The zero-order valence-corrected chi connectivity index (χ0v) is 22.0. The Balaban J connectivity index is 1.55. The number of amides is 2. The number of nitrogens with two attached hydrogens (primary N) is 1. The highest BCUT2D eigenvalue weighted by Gasteiger charge is 2.22. The van der Waals surface area contributed by atoms with E-state index >= 15 is 0 Å². The van der Waals surface area contributed by atoms with Crippen molar-refractivity contribution in [1.29, 1.82) is 0 Å². The molecule has 0 bridgehead atoms. The number of H-pyrrole nitrogens is 1. The number of fused-ring (bicyclic) bond motifs is 1. The fourth-order valence-corrected chi connectivity index (χ4v) is 4.14. The summed E-state index contributed by atoms with van der Waals surface area (Å²) in [6.45, 7) is 0.130. The minimum atomic E-state index is -1.30. The molecule has 1 aromatic heterocycles. The first-order valence-corrected chi connectivity index (χ1v) is 12.5. The van der Waals surface area contributed by atoms with Crippen LogP contribution in [-0.2, 0) is 22.8 Å². The molecular weight excluding hydrogens is 547 g/mol. The van der Waals surface area contributed by atoms with Gasteiger partial charge in [-0.1, -0.05) is 41.4 Å². The topological polar surface area (TPSA) is 157 Å². The molecule has 4 aromatic rings. The molecule has 1 heterocycles. The van der Waals surface area contributed by atoms with Crippen molar-refractivity contribution in [2.24, 2.45) is 5.73 Å². The molecular formula is C27H24Cl2N4O6. The Morgan fingerprint density at radius 2 is 1.77 bits per heavy atom. The second-order valence-electron chi connectivity index (χ2n) is 8.54. The number of hydrogen-bond donors (Lipinski definition) is 4. The Labute approximate surface area is 233 Å². The molecule has 0 radical (unpaired) electrons. The van der Waals surface area contributed by atoms with E-state index in [1.807, 2.05) is 24.3 Å². The van der Waals surface area contributed by atoms with Crippen molar-refractivity contribution in [3.8, 4) is 11.5 Å². The van der Waals surface area contributed by atoms with Gasteiger partial charge < -0.3 is 30.6 Å². The van der Waals surface area contributed by atoms with Crippen molar-refractivity contribution >= 4 is 52.0 Å². The summed E-state index contributed by atoms with van der Waals surface area (Å²) in [5, 5.41) is 12.7. The highest BCUT2D eigenvalue weighted by molar-refractivity contribution is 6.35. The number of halogens is 2.